The number of rotatable bonds is 16. The second-order valence-electron chi connectivity index (χ2n) is 23.3. The molecule has 0 spiro atoms. The number of nitrogens with one attached hydrogen (secondary N) is 1. The first-order chi connectivity index (χ1) is 37.2. The van der Waals surface area contributed by atoms with E-state index in [0.29, 0.717) is 62.3 Å². The SMILES string of the molecule is CC[C@H](C)[C@H]1C(=O)N2CCC[C@H]2C(=O)O[C@H](C(C)(C)C)C[C@@H](C)C[C@H](OCCCCCCCCn2cc(-c3ccccc3)nn2)[C@H](C)C2=N[C@@H](/C=C(\C)C(=O)N[C@@H](Cc3ccc(OC)cc3)C(=O)N(C)[C@@H](C)C(=O)N1C)CS2. The number of fused-ring (bicyclic) bond motifs is 2. The van der Waals surface area contributed by atoms with Crippen LogP contribution in [0.5, 0.6) is 5.75 Å². The van der Waals surface area contributed by atoms with Crippen LogP contribution < -0.4 is 10.1 Å². The number of ether oxygens (including phenoxy) is 3. The zero-order valence-corrected chi connectivity index (χ0v) is 49.6. The molecule has 3 aliphatic rings. The number of methoxy groups -OCH3 is 1. The molecule has 1 aromatic heterocycles. The predicted molar refractivity (Wildman–Crippen MR) is 309 cm³/mol. The molecule has 6 rings (SSSR count). The van der Waals surface area contributed by atoms with Crippen molar-refractivity contribution in [1.29, 1.82) is 0 Å². The molecule has 3 aliphatic heterocycles. The number of hydrogen-bond acceptors (Lipinski definition) is 12. The van der Waals surface area contributed by atoms with Crippen molar-refractivity contribution >= 4 is 46.4 Å². The number of nitrogens with zero attached hydrogens (tertiary/aromatic N) is 7. The Hall–Kier alpha value is -5.55. The van der Waals surface area contributed by atoms with Crippen LogP contribution in [0.3, 0.4) is 0 Å². The van der Waals surface area contributed by atoms with Crippen LogP contribution in [0.25, 0.3) is 11.3 Å². The van der Waals surface area contributed by atoms with Gasteiger partial charge in [-0.25, -0.2) is 4.79 Å². The van der Waals surface area contributed by atoms with Crippen LogP contribution in [0.4, 0.5) is 0 Å². The number of aromatic nitrogens is 3. The van der Waals surface area contributed by atoms with Crippen LogP contribution >= 0.6 is 11.8 Å². The summed E-state index contributed by atoms with van der Waals surface area (Å²) in [6.07, 6.45) is 12.8. The molecule has 0 saturated carbocycles. The number of likely N-dealkylation sites (N-methyl/N-ethyl adjacent to an activating group) is 2. The molecule has 4 amide bonds. The van der Waals surface area contributed by atoms with Crippen LogP contribution in [-0.4, -0.2) is 147 Å². The standard InChI is InChI=1S/C61H90N8O8S/c1-13-41(3)54-59(73)69-32-23-26-51(69)60(74)77-53(61(7,8)9)35-40(2)34-52(76-33-22-17-15-14-16-21-31-68-38-50(64-65-68)46-24-19-18-20-25-46)43(5)56-62-47(39-78-56)36-42(4)55(70)63-49(37-45-27-29-48(75-12)30-28-45)58(72)66(10)44(6)57(71)67(54)11/h18-20,24-25,27-30,36,38,40-41,43-44,47,49,51-54H,13-17,21-23,26,31-35,37,39H2,1-12H3,(H,63,70)/b42-36+/t40-,41-,43-,44-,47-,49-,51-,52-,53-,54-/m0/s1. The maximum atomic E-state index is 14.9. The molecule has 0 radical (unpaired) electrons. The molecule has 2 aromatic carbocycles. The highest BCUT2D eigenvalue weighted by atomic mass is 32.2. The summed E-state index contributed by atoms with van der Waals surface area (Å²) in [5, 5.41) is 12.7. The van der Waals surface area contributed by atoms with Crippen LogP contribution in [0.2, 0.25) is 0 Å². The quantitative estimate of drug-likeness (QED) is 0.107. The Bertz CT molecular complexity index is 2510. The van der Waals surface area contributed by atoms with Crippen molar-refractivity contribution < 1.29 is 38.2 Å². The molecular weight excluding hydrogens is 1000 g/mol. The fourth-order valence-corrected chi connectivity index (χ4v) is 11.9. The lowest BCUT2D eigenvalue weighted by molar-refractivity contribution is -0.166. The van der Waals surface area contributed by atoms with Crippen molar-refractivity contribution in [2.24, 2.45) is 28.2 Å². The van der Waals surface area contributed by atoms with E-state index in [1.54, 1.807) is 63.8 Å². The Labute approximate surface area is 469 Å². The summed E-state index contributed by atoms with van der Waals surface area (Å²) in [7, 11) is 4.73. The smallest absolute Gasteiger partial charge is 0.329 e. The number of amides is 4. The van der Waals surface area contributed by atoms with Gasteiger partial charge in [0.05, 0.1) is 30.5 Å². The largest absolute Gasteiger partial charge is 0.497 e. The number of thioether (sulfide) groups is 1. The van der Waals surface area contributed by atoms with Gasteiger partial charge in [-0.3, -0.25) is 28.9 Å². The summed E-state index contributed by atoms with van der Waals surface area (Å²) in [5.74, 6) is -0.965. The van der Waals surface area contributed by atoms with Crippen LogP contribution in [0.1, 0.15) is 139 Å². The van der Waals surface area contributed by atoms with E-state index in [0.717, 1.165) is 66.9 Å². The molecule has 428 valence electrons. The highest BCUT2D eigenvalue weighted by molar-refractivity contribution is 8.14. The molecule has 1 N–H and O–H groups in total. The van der Waals surface area contributed by atoms with Gasteiger partial charge in [0.15, 0.2) is 0 Å². The maximum absolute atomic E-state index is 14.9. The number of aliphatic imine (C=N–C) groups is 1. The number of carbonyl (C=O) groups is 5. The summed E-state index contributed by atoms with van der Waals surface area (Å²) in [5.41, 5.74) is 2.77. The minimum atomic E-state index is -1.04. The van der Waals surface area contributed by atoms with E-state index >= 15 is 0 Å². The third-order valence-corrected chi connectivity index (χ3v) is 17.4. The van der Waals surface area contributed by atoms with Gasteiger partial charge in [0.2, 0.25) is 23.6 Å². The Balaban J connectivity index is 1.22. The van der Waals surface area contributed by atoms with Gasteiger partial charge in [-0.1, -0.05) is 134 Å². The molecule has 16 nitrogen and oxygen atoms in total. The number of aryl methyl sites for hydroxylation is 1. The molecule has 0 aliphatic carbocycles. The summed E-state index contributed by atoms with van der Waals surface area (Å²) in [6.45, 7) is 19.7. The van der Waals surface area contributed by atoms with Crippen molar-refractivity contribution in [1.82, 2.24) is 35.0 Å². The van der Waals surface area contributed by atoms with Crippen LogP contribution in [0.15, 0.2) is 77.4 Å². The molecule has 1 saturated heterocycles. The van der Waals surface area contributed by atoms with E-state index in [4.69, 9.17) is 19.2 Å². The summed E-state index contributed by atoms with van der Waals surface area (Å²) < 4.78 is 20.7. The highest BCUT2D eigenvalue weighted by Crippen LogP contribution is 2.35. The maximum Gasteiger partial charge on any atom is 0.329 e. The minimum Gasteiger partial charge on any atom is -0.497 e. The normalized spacial score (nSPS) is 26.8. The first kappa shape index (κ1) is 61.7. The zero-order chi connectivity index (χ0) is 56.7. The van der Waals surface area contributed by atoms with Crippen LogP contribution in [-0.2, 0) is 46.4 Å². The van der Waals surface area contributed by atoms with Crippen molar-refractivity contribution in [2.45, 2.75) is 188 Å². The predicted octanol–water partition coefficient (Wildman–Crippen LogP) is 9.60. The Kier molecular flexibility index (Phi) is 23.0. The van der Waals surface area contributed by atoms with Crippen molar-refractivity contribution in [3.63, 3.8) is 0 Å². The molecular formula is C61H90N8O8S. The average molecular weight is 1100 g/mol. The number of unbranched alkanes of at least 4 members (excludes halogenated alkanes) is 5. The average Bonchev–Trinajstić information content (AvgIpc) is 4.27. The number of hydrogen-bond donors (Lipinski definition) is 1. The first-order valence-electron chi connectivity index (χ1n) is 28.6. The van der Waals surface area contributed by atoms with Gasteiger partial charge in [-0.2, -0.15) is 0 Å². The van der Waals surface area contributed by atoms with E-state index in [9.17, 15) is 24.0 Å². The monoisotopic (exact) mass is 1090 g/mol. The topological polar surface area (TPSA) is 178 Å². The highest BCUT2D eigenvalue weighted by Gasteiger charge is 2.45. The molecule has 4 heterocycles. The lowest BCUT2D eigenvalue weighted by atomic mass is 9.81. The van der Waals surface area contributed by atoms with Gasteiger partial charge in [0.1, 0.15) is 41.7 Å². The number of carbonyl (C=O) groups excluding carboxylic acids is 5. The zero-order valence-electron chi connectivity index (χ0n) is 48.7. The number of esters is 1. The summed E-state index contributed by atoms with van der Waals surface area (Å²) >= 11 is 1.68. The van der Waals surface area contributed by atoms with Gasteiger partial charge in [-0.15, -0.1) is 16.9 Å². The number of cyclic esters (lactones) is 1. The molecule has 0 unspecified atom stereocenters. The number of benzene rings is 2. The first-order valence-corrected chi connectivity index (χ1v) is 29.6. The molecule has 2 bridgehead atoms. The van der Waals surface area contributed by atoms with E-state index < -0.39 is 59.4 Å². The third kappa shape index (κ3) is 16.7. The van der Waals surface area contributed by atoms with Crippen molar-refractivity contribution in [3.8, 4) is 17.0 Å². The second-order valence-corrected chi connectivity index (χ2v) is 24.3. The molecule has 78 heavy (non-hydrogen) atoms. The van der Waals surface area contributed by atoms with Gasteiger partial charge in [0.25, 0.3) is 0 Å². The van der Waals surface area contributed by atoms with Gasteiger partial charge < -0.3 is 34.2 Å². The molecule has 17 heteroatoms. The Morgan fingerprint density at radius 1 is 0.872 bits per heavy atom. The van der Waals surface area contributed by atoms with Gasteiger partial charge >= 0.3 is 5.97 Å². The Morgan fingerprint density at radius 3 is 2.24 bits per heavy atom. The fraction of sp³-hybridized carbons (Fsp3) is 0.639. The van der Waals surface area contributed by atoms with E-state index in [2.05, 4.69) is 50.2 Å². The Morgan fingerprint density at radius 2 is 1.56 bits per heavy atom. The van der Waals surface area contributed by atoms with E-state index in [-0.39, 0.29) is 42.2 Å². The second kappa shape index (κ2) is 29.1. The van der Waals surface area contributed by atoms with Gasteiger partial charge in [-0.05, 0) is 87.3 Å². The van der Waals surface area contributed by atoms with Gasteiger partial charge in [0, 0.05) is 63.0 Å². The van der Waals surface area contributed by atoms with Crippen molar-refractivity contribution in [3.05, 3.63) is 78.0 Å². The van der Waals surface area contributed by atoms with Crippen molar-refractivity contribution in [2.75, 3.05) is 40.1 Å². The van der Waals surface area contributed by atoms with Crippen LogP contribution in [0, 0.1) is 23.2 Å². The summed E-state index contributed by atoms with van der Waals surface area (Å²) in [6, 6.07) is 13.4. The molecule has 10 atom stereocenters. The van der Waals surface area contributed by atoms with E-state index in [1.807, 2.05) is 73.3 Å². The van der Waals surface area contributed by atoms with E-state index in [1.165, 1.54) is 9.80 Å². The lowest BCUT2D eigenvalue weighted by Crippen LogP contribution is -2.59. The lowest BCUT2D eigenvalue weighted by Gasteiger charge is -2.39. The molecule has 3 aromatic rings. The fourth-order valence-electron chi connectivity index (χ4n) is 10.8. The summed E-state index contributed by atoms with van der Waals surface area (Å²) in [4.78, 5) is 82.3. The minimum absolute atomic E-state index is 0.0457. The molecule has 1 fully saturated rings. The third-order valence-electron chi connectivity index (χ3n) is 16.1.